The van der Waals surface area contributed by atoms with Crippen LogP contribution < -0.4 is 10.2 Å². The van der Waals surface area contributed by atoms with Crippen molar-refractivity contribution in [2.45, 2.75) is 31.3 Å². The average Bonchev–Trinajstić information content (AvgIpc) is 2.69. The SMILES string of the molecule is CCC(=O)N1[C@@H](CO)[C@@H]2c3ccccc3N(C(=O)Nc3ccc(Cl)cc3)C[C@@H]21. The smallest absolute Gasteiger partial charge is 0.326 e. The molecule has 0 aromatic heterocycles. The third kappa shape index (κ3) is 3.02. The van der Waals surface area contributed by atoms with Crippen LogP contribution in [0.2, 0.25) is 5.02 Å². The van der Waals surface area contributed by atoms with Crippen molar-refractivity contribution < 1.29 is 14.7 Å². The number of carbonyl (C=O) groups is 2. The number of benzene rings is 2. The van der Waals surface area contributed by atoms with Gasteiger partial charge in [0.25, 0.3) is 0 Å². The van der Waals surface area contributed by atoms with Crippen molar-refractivity contribution in [1.29, 1.82) is 0 Å². The molecular weight excluding hydrogens is 378 g/mol. The highest BCUT2D eigenvalue weighted by Crippen LogP contribution is 2.48. The van der Waals surface area contributed by atoms with Gasteiger partial charge in [0.2, 0.25) is 5.91 Å². The molecule has 1 saturated heterocycles. The van der Waals surface area contributed by atoms with Crippen LogP contribution in [0.1, 0.15) is 24.8 Å². The summed E-state index contributed by atoms with van der Waals surface area (Å²) in [6.45, 7) is 2.12. The summed E-state index contributed by atoms with van der Waals surface area (Å²) in [7, 11) is 0. The number of para-hydroxylation sites is 1. The molecule has 0 aliphatic carbocycles. The second-order valence-corrected chi connectivity index (χ2v) is 7.54. The number of hydrogen-bond donors (Lipinski definition) is 2. The van der Waals surface area contributed by atoms with E-state index >= 15 is 0 Å². The van der Waals surface area contributed by atoms with E-state index in [0.29, 0.717) is 23.7 Å². The summed E-state index contributed by atoms with van der Waals surface area (Å²) in [6, 6.07) is 14.0. The molecule has 0 saturated carbocycles. The van der Waals surface area contributed by atoms with Crippen molar-refractivity contribution in [1.82, 2.24) is 4.90 Å². The van der Waals surface area contributed by atoms with Gasteiger partial charge < -0.3 is 15.3 Å². The molecule has 3 amide bonds. The van der Waals surface area contributed by atoms with E-state index in [0.717, 1.165) is 11.3 Å². The molecule has 2 aliphatic heterocycles. The molecule has 1 fully saturated rings. The number of likely N-dealkylation sites (tertiary alicyclic amines) is 1. The molecule has 4 rings (SSSR count). The number of urea groups is 1. The van der Waals surface area contributed by atoms with Gasteiger partial charge in [0.05, 0.1) is 18.7 Å². The van der Waals surface area contributed by atoms with Crippen LogP contribution in [0.5, 0.6) is 0 Å². The summed E-state index contributed by atoms with van der Waals surface area (Å²) < 4.78 is 0. The molecule has 146 valence electrons. The summed E-state index contributed by atoms with van der Waals surface area (Å²) in [5, 5.41) is 13.4. The van der Waals surface area contributed by atoms with E-state index in [4.69, 9.17) is 11.6 Å². The maximum Gasteiger partial charge on any atom is 0.326 e. The summed E-state index contributed by atoms with van der Waals surface area (Å²) >= 11 is 5.91. The van der Waals surface area contributed by atoms with E-state index in [1.165, 1.54) is 0 Å². The van der Waals surface area contributed by atoms with Gasteiger partial charge in [0.15, 0.2) is 0 Å². The first-order chi connectivity index (χ1) is 13.5. The van der Waals surface area contributed by atoms with Gasteiger partial charge in [-0.1, -0.05) is 36.7 Å². The van der Waals surface area contributed by atoms with Crippen molar-refractivity contribution >= 4 is 34.9 Å². The second-order valence-electron chi connectivity index (χ2n) is 7.10. The third-order valence-electron chi connectivity index (χ3n) is 5.62. The molecule has 7 heteroatoms. The van der Waals surface area contributed by atoms with Gasteiger partial charge in [-0.3, -0.25) is 9.69 Å². The Labute approximate surface area is 168 Å². The molecular formula is C21H22ClN3O3. The largest absolute Gasteiger partial charge is 0.394 e. The number of fused-ring (bicyclic) bond motifs is 3. The molecule has 2 aliphatic rings. The van der Waals surface area contributed by atoms with Gasteiger partial charge >= 0.3 is 6.03 Å². The number of anilines is 2. The van der Waals surface area contributed by atoms with Crippen LogP contribution >= 0.6 is 11.6 Å². The van der Waals surface area contributed by atoms with Crippen molar-refractivity contribution in [2.75, 3.05) is 23.4 Å². The number of halogens is 1. The fraction of sp³-hybridized carbons (Fsp3) is 0.333. The number of nitrogens with one attached hydrogen (secondary N) is 1. The van der Waals surface area contributed by atoms with Crippen molar-refractivity contribution in [3.05, 3.63) is 59.1 Å². The highest BCUT2D eigenvalue weighted by molar-refractivity contribution is 6.30. The van der Waals surface area contributed by atoms with Gasteiger partial charge in [-0.25, -0.2) is 4.79 Å². The van der Waals surface area contributed by atoms with Gasteiger partial charge in [-0.15, -0.1) is 0 Å². The first kappa shape index (κ1) is 18.8. The van der Waals surface area contributed by atoms with Crippen molar-refractivity contribution in [2.24, 2.45) is 0 Å². The van der Waals surface area contributed by atoms with E-state index in [9.17, 15) is 14.7 Å². The predicted octanol–water partition coefficient (Wildman–Crippen LogP) is 3.46. The minimum Gasteiger partial charge on any atom is -0.394 e. The van der Waals surface area contributed by atoms with Crippen molar-refractivity contribution in [3.63, 3.8) is 0 Å². The van der Waals surface area contributed by atoms with Crippen molar-refractivity contribution in [3.8, 4) is 0 Å². The molecule has 0 radical (unpaired) electrons. The lowest BCUT2D eigenvalue weighted by Gasteiger charge is -2.58. The zero-order chi connectivity index (χ0) is 19.8. The molecule has 2 N–H and O–H groups in total. The lowest BCUT2D eigenvalue weighted by atomic mass is 9.72. The Balaban J connectivity index is 1.65. The standard InChI is InChI=1S/C21H22ClN3O3/c1-2-19(27)25-17-11-24(21(28)23-14-9-7-13(22)8-10-14)16-6-4-3-5-15(16)20(17)18(25)12-26/h3-10,17-18,20,26H,2,11-12H2,1H3,(H,23,28)/t17-,18-,20+/m0/s1. The summed E-state index contributed by atoms with van der Waals surface area (Å²) in [5.41, 5.74) is 2.46. The highest BCUT2D eigenvalue weighted by Gasteiger charge is 2.54. The lowest BCUT2D eigenvalue weighted by Crippen LogP contribution is -2.70. The Morgan fingerprint density at radius 3 is 2.57 bits per heavy atom. The lowest BCUT2D eigenvalue weighted by molar-refractivity contribution is -0.149. The normalized spacial score (nSPS) is 22.8. The Morgan fingerprint density at radius 2 is 1.89 bits per heavy atom. The van der Waals surface area contributed by atoms with E-state index in [-0.39, 0.29) is 36.5 Å². The Morgan fingerprint density at radius 1 is 1.18 bits per heavy atom. The maximum absolute atomic E-state index is 13.0. The molecule has 28 heavy (non-hydrogen) atoms. The maximum atomic E-state index is 13.0. The molecule has 2 heterocycles. The topological polar surface area (TPSA) is 72.9 Å². The van der Waals surface area contributed by atoms with Crippen LogP contribution in [0, 0.1) is 0 Å². The van der Waals surface area contributed by atoms with E-state index in [1.54, 1.807) is 34.1 Å². The Hall–Kier alpha value is -2.57. The quantitative estimate of drug-likeness (QED) is 0.830. The number of carbonyl (C=O) groups excluding carboxylic acids is 2. The Bertz CT molecular complexity index is 902. The molecule has 3 atom stereocenters. The molecule has 2 aromatic carbocycles. The minimum atomic E-state index is -0.260. The van der Waals surface area contributed by atoms with E-state index in [2.05, 4.69) is 5.32 Å². The second kappa shape index (κ2) is 7.45. The monoisotopic (exact) mass is 399 g/mol. The molecule has 0 bridgehead atoms. The molecule has 2 aromatic rings. The number of aliphatic hydroxyl groups excluding tert-OH is 1. The average molecular weight is 400 g/mol. The first-order valence-corrected chi connectivity index (χ1v) is 9.78. The van der Waals surface area contributed by atoms with Crippen LogP contribution in [0.4, 0.5) is 16.2 Å². The fourth-order valence-corrected chi connectivity index (χ4v) is 4.46. The zero-order valence-corrected chi connectivity index (χ0v) is 16.3. The van der Waals surface area contributed by atoms with Crippen LogP contribution in [-0.4, -0.2) is 47.2 Å². The summed E-state index contributed by atoms with van der Waals surface area (Å²) in [5.74, 6) is 0.0361. The van der Waals surface area contributed by atoms with Crippen LogP contribution in [0.15, 0.2) is 48.5 Å². The summed E-state index contributed by atoms with van der Waals surface area (Å²) in [4.78, 5) is 28.8. The number of aliphatic hydroxyl groups is 1. The molecule has 6 nitrogen and oxygen atoms in total. The van der Waals surface area contributed by atoms with Crippen LogP contribution in [0.3, 0.4) is 0 Å². The predicted molar refractivity (Wildman–Crippen MR) is 109 cm³/mol. The van der Waals surface area contributed by atoms with Crippen LogP contribution in [-0.2, 0) is 4.79 Å². The number of hydrogen-bond acceptors (Lipinski definition) is 3. The van der Waals surface area contributed by atoms with E-state index in [1.807, 2.05) is 31.2 Å². The highest BCUT2D eigenvalue weighted by atomic mass is 35.5. The number of nitrogens with zero attached hydrogens (tertiary/aromatic N) is 2. The molecule has 0 spiro atoms. The fourth-order valence-electron chi connectivity index (χ4n) is 4.33. The van der Waals surface area contributed by atoms with Gasteiger partial charge in [-0.2, -0.15) is 0 Å². The van der Waals surface area contributed by atoms with Gasteiger partial charge in [0, 0.05) is 35.3 Å². The number of amides is 3. The first-order valence-electron chi connectivity index (χ1n) is 9.40. The zero-order valence-electron chi connectivity index (χ0n) is 15.5. The third-order valence-corrected chi connectivity index (χ3v) is 5.87. The number of rotatable bonds is 3. The minimum absolute atomic E-state index is 0.00209. The molecule has 0 unspecified atom stereocenters. The summed E-state index contributed by atoms with van der Waals surface area (Å²) in [6.07, 6.45) is 0.373. The van der Waals surface area contributed by atoms with Gasteiger partial charge in [0.1, 0.15) is 0 Å². The Kier molecular flexibility index (Phi) is 5.00. The van der Waals surface area contributed by atoms with Gasteiger partial charge in [-0.05, 0) is 35.9 Å². The van der Waals surface area contributed by atoms with Crippen LogP contribution in [0.25, 0.3) is 0 Å². The van der Waals surface area contributed by atoms with E-state index < -0.39 is 0 Å².